The summed E-state index contributed by atoms with van der Waals surface area (Å²) in [5, 5.41) is 2.67. The van der Waals surface area contributed by atoms with Crippen molar-refractivity contribution < 1.29 is 14.4 Å². The summed E-state index contributed by atoms with van der Waals surface area (Å²) >= 11 is 0. The third kappa shape index (κ3) is 5.37. The van der Waals surface area contributed by atoms with Gasteiger partial charge in [-0.25, -0.2) is 4.79 Å². The lowest BCUT2D eigenvalue weighted by Gasteiger charge is -2.32. The van der Waals surface area contributed by atoms with Crippen LogP contribution >= 0.6 is 0 Å². The first-order valence-electron chi connectivity index (χ1n) is 10.7. The number of nitrogens with one attached hydrogen (secondary N) is 1. The van der Waals surface area contributed by atoms with Gasteiger partial charge in [-0.15, -0.1) is 0 Å². The number of hydrogen-bond donors (Lipinski definition) is 1. The average molecular weight is 400 g/mol. The van der Waals surface area contributed by atoms with E-state index in [4.69, 9.17) is 0 Å². The molecule has 2 heterocycles. The molecule has 0 radical (unpaired) electrons. The number of likely N-dealkylation sites (tertiary alicyclic amines) is 1. The van der Waals surface area contributed by atoms with Crippen LogP contribution < -0.4 is 5.32 Å². The van der Waals surface area contributed by atoms with Gasteiger partial charge in [-0.1, -0.05) is 29.8 Å². The quantitative estimate of drug-likeness (QED) is 0.716. The van der Waals surface area contributed by atoms with E-state index < -0.39 is 5.54 Å². The third-order valence-electron chi connectivity index (χ3n) is 6.15. The number of rotatable bonds is 7. The van der Waals surface area contributed by atoms with Gasteiger partial charge in [0.05, 0.1) is 0 Å². The van der Waals surface area contributed by atoms with Gasteiger partial charge in [0.1, 0.15) is 5.54 Å². The zero-order chi connectivity index (χ0) is 21.0. The summed E-state index contributed by atoms with van der Waals surface area (Å²) in [6.45, 7) is 7.42. The van der Waals surface area contributed by atoms with Gasteiger partial charge in [0.2, 0.25) is 5.91 Å². The van der Waals surface area contributed by atoms with Crippen LogP contribution in [-0.4, -0.2) is 52.8 Å². The number of hydrogen-bond acceptors (Lipinski definition) is 3. The lowest BCUT2D eigenvalue weighted by Crippen LogP contribution is -2.40. The van der Waals surface area contributed by atoms with Gasteiger partial charge in [0.25, 0.3) is 5.91 Å². The zero-order valence-corrected chi connectivity index (χ0v) is 17.9. The number of amides is 4. The van der Waals surface area contributed by atoms with E-state index in [-0.39, 0.29) is 17.8 Å². The van der Waals surface area contributed by atoms with E-state index in [1.54, 1.807) is 13.8 Å². The number of carbonyl (C=O) groups excluding carboxylic acids is 3. The van der Waals surface area contributed by atoms with Crippen molar-refractivity contribution in [3.8, 4) is 0 Å². The van der Waals surface area contributed by atoms with Gasteiger partial charge in [0, 0.05) is 26.1 Å². The first-order valence-corrected chi connectivity index (χ1v) is 10.7. The number of carbonyl (C=O) groups is 3. The van der Waals surface area contributed by atoms with E-state index in [9.17, 15) is 14.4 Å². The van der Waals surface area contributed by atoms with Crippen LogP contribution in [0.25, 0.3) is 0 Å². The SMILES string of the molecule is Cc1ccc(CCC2CCN(C(=O)CCCN3C(=O)NC(C)(C)C3=O)CC2)cc1. The lowest BCUT2D eigenvalue weighted by atomic mass is 9.90. The van der Waals surface area contributed by atoms with Crippen molar-refractivity contribution in [1.82, 2.24) is 15.1 Å². The number of imide groups is 1. The fraction of sp³-hybridized carbons (Fsp3) is 0.609. The van der Waals surface area contributed by atoms with Crippen LogP contribution in [0.15, 0.2) is 24.3 Å². The average Bonchev–Trinajstić information content (AvgIpc) is 2.89. The highest BCUT2D eigenvalue weighted by Gasteiger charge is 2.43. The minimum absolute atomic E-state index is 0.133. The Labute approximate surface area is 173 Å². The maximum Gasteiger partial charge on any atom is 0.325 e. The lowest BCUT2D eigenvalue weighted by molar-refractivity contribution is -0.134. The van der Waals surface area contributed by atoms with Gasteiger partial charge in [-0.2, -0.15) is 0 Å². The van der Waals surface area contributed by atoms with Crippen LogP contribution in [0.4, 0.5) is 4.79 Å². The van der Waals surface area contributed by atoms with Gasteiger partial charge in [-0.3, -0.25) is 14.5 Å². The standard InChI is InChI=1S/C23H33N3O3/c1-17-6-8-18(9-7-17)10-11-19-12-15-25(16-13-19)20(27)5-4-14-26-21(28)23(2,3)24-22(26)29/h6-9,19H,4-5,10-16H2,1-3H3,(H,24,29). The topological polar surface area (TPSA) is 69.7 Å². The van der Waals surface area contributed by atoms with E-state index >= 15 is 0 Å². The van der Waals surface area contributed by atoms with E-state index in [1.165, 1.54) is 22.4 Å². The normalized spacial score (nSPS) is 19.6. The Morgan fingerprint density at radius 3 is 2.38 bits per heavy atom. The summed E-state index contributed by atoms with van der Waals surface area (Å²) in [5.74, 6) is 0.589. The van der Waals surface area contributed by atoms with Crippen LogP contribution in [0.3, 0.4) is 0 Å². The fourth-order valence-electron chi connectivity index (χ4n) is 4.16. The number of nitrogens with zero attached hydrogens (tertiary/aromatic N) is 2. The first-order chi connectivity index (χ1) is 13.8. The second kappa shape index (κ2) is 8.97. The Hall–Kier alpha value is -2.37. The van der Waals surface area contributed by atoms with Crippen molar-refractivity contribution in [3.63, 3.8) is 0 Å². The van der Waals surface area contributed by atoms with Gasteiger partial charge in [-0.05, 0) is 64.4 Å². The van der Waals surface area contributed by atoms with Crippen molar-refractivity contribution >= 4 is 17.8 Å². The molecule has 6 heteroatoms. The van der Waals surface area contributed by atoms with E-state index in [0.29, 0.717) is 25.3 Å². The van der Waals surface area contributed by atoms with Crippen LogP contribution in [0.2, 0.25) is 0 Å². The summed E-state index contributed by atoms with van der Waals surface area (Å²) in [6, 6.07) is 8.39. The molecule has 0 aromatic heterocycles. The number of piperidine rings is 1. The minimum atomic E-state index is -0.846. The van der Waals surface area contributed by atoms with Gasteiger partial charge >= 0.3 is 6.03 Å². The monoisotopic (exact) mass is 399 g/mol. The van der Waals surface area contributed by atoms with E-state index in [1.807, 2.05) is 4.90 Å². The molecule has 0 unspecified atom stereocenters. The second-order valence-electron chi connectivity index (χ2n) is 8.96. The Morgan fingerprint density at radius 1 is 1.14 bits per heavy atom. The smallest absolute Gasteiger partial charge is 0.325 e. The Bertz CT molecular complexity index is 749. The zero-order valence-electron chi connectivity index (χ0n) is 17.9. The van der Waals surface area contributed by atoms with Gasteiger partial charge < -0.3 is 10.2 Å². The maximum absolute atomic E-state index is 12.5. The molecule has 3 rings (SSSR count). The Kier molecular flexibility index (Phi) is 6.60. The van der Waals surface area contributed by atoms with Crippen LogP contribution in [0.5, 0.6) is 0 Å². The summed E-state index contributed by atoms with van der Waals surface area (Å²) in [7, 11) is 0. The summed E-state index contributed by atoms with van der Waals surface area (Å²) in [4.78, 5) is 39.7. The van der Waals surface area contributed by atoms with Crippen molar-refractivity contribution in [2.24, 2.45) is 5.92 Å². The molecule has 0 spiro atoms. The molecule has 1 N–H and O–H groups in total. The largest absolute Gasteiger partial charge is 0.343 e. The summed E-state index contributed by atoms with van der Waals surface area (Å²) in [5.41, 5.74) is 1.83. The van der Waals surface area contributed by atoms with E-state index in [2.05, 4.69) is 36.5 Å². The van der Waals surface area contributed by atoms with Crippen molar-refractivity contribution in [2.75, 3.05) is 19.6 Å². The fourth-order valence-corrected chi connectivity index (χ4v) is 4.16. The number of aryl methyl sites for hydroxylation is 2. The molecular formula is C23H33N3O3. The van der Waals surface area contributed by atoms with E-state index in [0.717, 1.165) is 32.4 Å². The first kappa shape index (κ1) is 21.3. The predicted octanol–water partition coefficient (Wildman–Crippen LogP) is 3.28. The molecule has 2 aliphatic rings. The van der Waals surface area contributed by atoms with Crippen LogP contribution in [0, 0.1) is 12.8 Å². The van der Waals surface area contributed by atoms with Crippen LogP contribution in [-0.2, 0) is 16.0 Å². The molecule has 4 amide bonds. The molecule has 0 saturated carbocycles. The molecule has 0 bridgehead atoms. The summed E-state index contributed by atoms with van der Waals surface area (Å²) < 4.78 is 0. The third-order valence-corrected chi connectivity index (χ3v) is 6.15. The molecular weight excluding hydrogens is 366 g/mol. The molecule has 2 fully saturated rings. The Balaban J connectivity index is 1.35. The molecule has 0 atom stereocenters. The van der Waals surface area contributed by atoms with Crippen LogP contribution in [0.1, 0.15) is 57.1 Å². The molecule has 0 aliphatic carbocycles. The summed E-state index contributed by atoms with van der Waals surface area (Å²) in [6.07, 6.45) is 5.28. The highest BCUT2D eigenvalue weighted by Crippen LogP contribution is 2.23. The molecule has 1 aromatic rings. The highest BCUT2D eigenvalue weighted by molar-refractivity contribution is 6.06. The minimum Gasteiger partial charge on any atom is -0.343 e. The molecule has 2 saturated heterocycles. The van der Waals surface area contributed by atoms with Gasteiger partial charge in [0.15, 0.2) is 0 Å². The highest BCUT2D eigenvalue weighted by atomic mass is 16.2. The second-order valence-corrected chi connectivity index (χ2v) is 8.96. The maximum atomic E-state index is 12.5. The molecule has 2 aliphatic heterocycles. The van der Waals surface area contributed by atoms with Crippen molar-refractivity contribution in [3.05, 3.63) is 35.4 Å². The van der Waals surface area contributed by atoms with Crippen molar-refractivity contribution in [1.29, 1.82) is 0 Å². The number of urea groups is 1. The predicted molar refractivity (Wildman–Crippen MR) is 112 cm³/mol. The molecule has 6 nitrogen and oxygen atoms in total. The van der Waals surface area contributed by atoms with Crippen molar-refractivity contribution in [2.45, 2.75) is 64.8 Å². The Morgan fingerprint density at radius 2 is 1.79 bits per heavy atom. The molecule has 29 heavy (non-hydrogen) atoms. The molecule has 1 aromatic carbocycles. The molecule has 158 valence electrons. The number of benzene rings is 1.